The highest BCUT2D eigenvalue weighted by atomic mass is 16.2. The van der Waals surface area contributed by atoms with E-state index in [1.807, 2.05) is 0 Å². The molecule has 0 spiro atoms. The Bertz CT molecular complexity index is 373. The first-order valence-electron chi connectivity index (χ1n) is 4.40. The van der Waals surface area contributed by atoms with E-state index in [4.69, 9.17) is 11.5 Å². The number of carbonyl (C=O) groups excluding carboxylic acids is 2. The third-order valence-electron chi connectivity index (χ3n) is 1.90. The molecule has 15 heavy (non-hydrogen) atoms. The minimum atomic E-state index is -0.540. The number of hydrogen-bond donors (Lipinski definition) is 2. The van der Waals surface area contributed by atoms with E-state index in [2.05, 4.69) is 0 Å². The first-order chi connectivity index (χ1) is 7.00. The third-order valence-corrected chi connectivity index (χ3v) is 1.90. The Labute approximate surface area is 87.7 Å². The smallest absolute Gasteiger partial charge is 0.254 e. The molecule has 0 aliphatic heterocycles. The summed E-state index contributed by atoms with van der Waals surface area (Å²) in [5, 5.41) is 0. The summed E-state index contributed by atoms with van der Waals surface area (Å²) in [5.41, 5.74) is 11.5. The molecule has 1 aromatic carbocycles. The van der Waals surface area contributed by atoms with E-state index < -0.39 is 5.91 Å². The molecule has 0 atom stereocenters. The van der Waals surface area contributed by atoms with Gasteiger partial charge in [0.15, 0.2) is 0 Å². The Balaban J connectivity index is 2.76. The highest BCUT2D eigenvalue weighted by Crippen LogP contribution is 2.07. The van der Waals surface area contributed by atoms with Crippen molar-refractivity contribution in [2.45, 2.75) is 0 Å². The van der Waals surface area contributed by atoms with Crippen molar-refractivity contribution >= 4 is 17.5 Å². The molecule has 0 aromatic heterocycles. The fourth-order valence-electron chi connectivity index (χ4n) is 1.15. The molecule has 0 saturated carbocycles. The molecule has 0 bridgehead atoms. The summed E-state index contributed by atoms with van der Waals surface area (Å²) in [6.07, 6.45) is 0. The molecule has 0 unspecified atom stereocenters. The van der Waals surface area contributed by atoms with Crippen molar-refractivity contribution in [2.75, 3.05) is 19.3 Å². The van der Waals surface area contributed by atoms with E-state index in [1.165, 1.54) is 11.9 Å². The Morgan fingerprint density at radius 3 is 2.27 bits per heavy atom. The van der Waals surface area contributed by atoms with Crippen molar-refractivity contribution in [3.8, 4) is 0 Å². The largest absolute Gasteiger partial charge is 0.399 e. The van der Waals surface area contributed by atoms with Gasteiger partial charge in [-0.15, -0.1) is 0 Å². The molecule has 5 nitrogen and oxygen atoms in total. The summed E-state index contributed by atoms with van der Waals surface area (Å²) in [6.45, 7) is -0.0940. The fourth-order valence-corrected chi connectivity index (χ4v) is 1.15. The number of benzene rings is 1. The van der Waals surface area contributed by atoms with E-state index in [1.54, 1.807) is 24.3 Å². The van der Waals surface area contributed by atoms with Gasteiger partial charge in [-0.2, -0.15) is 0 Å². The highest BCUT2D eigenvalue weighted by Gasteiger charge is 2.12. The number of rotatable bonds is 3. The predicted octanol–water partition coefficient (Wildman–Crippen LogP) is -0.174. The summed E-state index contributed by atoms with van der Waals surface area (Å²) in [7, 11) is 1.52. The van der Waals surface area contributed by atoms with Crippen LogP contribution in [0.15, 0.2) is 24.3 Å². The van der Waals surface area contributed by atoms with Gasteiger partial charge in [-0.3, -0.25) is 9.59 Å². The summed E-state index contributed by atoms with van der Waals surface area (Å²) >= 11 is 0. The van der Waals surface area contributed by atoms with Crippen LogP contribution in [0.2, 0.25) is 0 Å². The van der Waals surface area contributed by atoms with Gasteiger partial charge < -0.3 is 16.4 Å². The van der Waals surface area contributed by atoms with Gasteiger partial charge in [0.25, 0.3) is 5.91 Å². The second-order valence-corrected chi connectivity index (χ2v) is 3.25. The zero-order chi connectivity index (χ0) is 11.4. The molecule has 1 rings (SSSR count). The van der Waals surface area contributed by atoms with Crippen molar-refractivity contribution in [3.05, 3.63) is 29.8 Å². The highest BCUT2D eigenvalue weighted by molar-refractivity contribution is 5.96. The van der Waals surface area contributed by atoms with Gasteiger partial charge in [-0.1, -0.05) is 0 Å². The predicted molar refractivity (Wildman–Crippen MR) is 57.0 cm³/mol. The van der Waals surface area contributed by atoms with Gasteiger partial charge in [0, 0.05) is 18.3 Å². The van der Waals surface area contributed by atoms with Crippen LogP contribution in [-0.2, 0) is 4.79 Å². The monoisotopic (exact) mass is 207 g/mol. The summed E-state index contributed by atoms with van der Waals surface area (Å²) in [4.78, 5) is 23.5. The van der Waals surface area contributed by atoms with Crippen molar-refractivity contribution < 1.29 is 9.59 Å². The molecule has 0 aliphatic carbocycles. The van der Waals surface area contributed by atoms with Gasteiger partial charge in [0.05, 0.1) is 6.54 Å². The molecular weight excluding hydrogens is 194 g/mol. The maximum Gasteiger partial charge on any atom is 0.254 e. The van der Waals surface area contributed by atoms with Crippen LogP contribution in [0.4, 0.5) is 5.69 Å². The van der Waals surface area contributed by atoms with E-state index in [0.29, 0.717) is 11.3 Å². The first kappa shape index (κ1) is 11.0. The van der Waals surface area contributed by atoms with Crippen LogP contribution in [0, 0.1) is 0 Å². The Hall–Kier alpha value is -2.04. The quantitative estimate of drug-likeness (QED) is 0.674. The van der Waals surface area contributed by atoms with Crippen molar-refractivity contribution in [1.82, 2.24) is 4.90 Å². The van der Waals surface area contributed by atoms with E-state index in [9.17, 15) is 9.59 Å². The lowest BCUT2D eigenvalue weighted by atomic mass is 10.2. The summed E-state index contributed by atoms with van der Waals surface area (Å²) in [5.74, 6) is -0.796. The van der Waals surface area contributed by atoms with Crippen LogP contribution in [-0.4, -0.2) is 30.3 Å². The molecule has 80 valence electrons. The van der Waals surface area contributed by atoms with Crippen LogP contribution in [0.25, 0.3) is 0 Å². The molecular formula is C10H13N3O2. The van der Waals surface area contributed by atoms with Crippen molar-refractivity contribution in [2.24, 2.45) is 5.73 Å². The Morgan fingerprint density at radius 1 is 1.27 bits per heavy atom. The minimum absolute atomic E-state index is 0.0940. The lowest BCUT2D eigenvalue weighted by Crippen LogP contribution is -2.35. The number of nitrogens with two attached hydrogens (primary N) is 2. The van der Waals surface area contributed by atoms with Crippen LogP contribution in [0.3, 0.4) is 0 Å². The average molecular weight is 207 g/mol. The van der Waals surface area contributed by atoms with Crippen LogP contribution in [0.5, 0.6) is 0 Å². The standard InChI is InChI=1S/C10H13N3O2/c1-13(6-9(12)14)10(15)7-2-4-8(11)5-3-7/h2-5H,6,11H2,1H3,(H2,12,14). The number of likely N-dealkylation sites (N-methyl/N-ethyl adjacent to an activating group) is 1. The molecule has 0 fully saturated rings. The van der Waals surface area contributed by atoms with Crippen LogP contribution >= 0.6 is 0 Å². The Kier molecular flexibility index (Phi) is 3.28. The molecule has 0 radical (unpaired) electrons. The van der Waals surface area contributed by atoms with E-state index in [-0.39, 0.29) is 12.5 Å². The number of nitrogens with zero attached hydrogens (tertiary/aromatic N) is 1. The normalized spacial score (nSPS) is 9.67. The van der Waals surface area contributed by atoms with Crippen LogP contribution < -0.4 is 11.5 Å². The van der Waals surface area contributed by atoms with Gasteiger partial charge in [0.2, 0.25) is 5.91 Å². The van der Waals surface area contributed by atoms with Gasteiger partial charge in [0.1, 0.15) is 0 Å². The van der Waals surface area contributed by atoms with Crippen LogP contribution in [0.1, 0.15) is 10.4 Å². The van der Waals surface area contributed by atoms with Gasteiger partial charge in [-0.05, 0) is 24.3 Å². The molecule has 0 heterocycles. The van der Waals surface area contributed by atoms with E-state index in [0.717, 1.165) is 0 Å². The molecule has 1 aromatic rings. The molecule has 4 N–H and O–H groups in total. The number of anilines is 1. The van der Waals surface area contributed by atoms with E-state index >= 15 is 0 Å². The first-order valence-corrected chi connectivity index (χ1v) is 4.40. The van der Waals surface area contributed by atoms with Gasteiger partial charge >= 0.3 is 0 Å². The molecule has 5 heteroatoms. The van der Waals surface area contributed by atoms with Crippen molar-refractivity contribution in [1.29, 1.82) is 0 Å². The second-order valence-electron chi connectivity index (χ2n) is 3.25. The molecule has 0 aliphatic rings. The fraction of sp³-hybridized carbons (Fsp3) is 0.200. The summed E-state index contributed by atoms with van der Waals surface area (Å²) in [6, 6.07) is 6.47. The number of hydrogen-bond acceptors (Lipinski definition) is 3. The number of carbonyl (C=O) groups is 2. The maximum atomic E-state index is 11.7. The van der Waals surface area contributed by atoms with Crippen molar-refractivity contribution in [3.63, 3.8) is 0 Å². The zero-order valence-corrected chi connectivity index (χ0v) is 8.43. The molecule has 2 amide bonds. The number of primary amides is 1. The lowest BCUT2D eigenvalue weighted by molar-refractivity contribution is -0.118. The lowest BCUT2D eigenvalue weighted by Gasteiger charge is -2.14. The van der Waals surface area contributed by atoms with Gasteiger partial charge in [-0.25, -0.2) is 0 Å². The maximum absolute atomic E-state index is 11.7. The third kappa shape index (κ3) is 2.98. The second kappa shape index (κ2) is 4.45. The zero-order valence-electron chi connectivity index (χ0n) is 8.43. The Morgan fingerprint density at radius 2 is 1.80 bits per heavy atom. The SMILES string of the molecule is CN(CC(N)=O)C(=O)c1ccc(N)cc1. The molecule has 0 saturated heterocycles. The minimum Gasteiger partial charge on any atom is -0.399 e. The number of amides is 2. The number of nitrogen functional groups attached to an aromatic ring is 1. The average Bonchev–Trinajstić information content (AvgIpc) is 2.17. The topological polar surface area (TPSA) is 89.4 Å². The summed E-state index contributed by atoms with van der Waals surface area (Å²) < 4.78 is 0.